The van der Waals surface area contributed by atoms with Crippen LogP contribution in [0.3, 0.4) is 0 Å². The van der Waals surface area contributed by atoms with Gasteiger partial charge in [0.15, 0.2) is 11.4 Å². The van der Waals surface area contributed by atoms with Crippen LogP contribution < -0.4 is 14.2 Å². The van der Waals surface area contributed by atoms with E-state index in [1.54, 1.807) is 19.2 Å². The predicted molar refractivity (Wildman–Crippen MR) is 117 cm³/mol. The Labute approximate surface area is 180 Å². The molecule has 0 aromatic heterocycles. The van der Waals surface area contributed by atoms with E-state index in [0.717, 1.165) is 29.8 Å². The van der Waals surface area contributed by atoms with E-state index in [9.17, 15) is 9.90 Å². The van der Waals surface area contributed by atoms with E-state index in [4.69, 9.17) is 14.2 Å². The van der Waals surface area contributed by atoms with Crippen LogP contribution in [0.2, 0.25) is 0 Å². The number of ether oxygens (including phenoxy) is 3. The topological polar surface area (TPSA) is 65.0 Å². The van der Waals surface area contributed by atoms with Crippen LogP contribution in [0.1, 0.15) is 25.0 Å². The molecule has 0 aliphatic carbocycles. The first-order valence-electron chi connectivity index (χ1n) is 7.79. The van der Waals surface area contributed by atoms with E-state index < -0.39 is 11.6 Å². The molecule has 0 atom stereocenters. The van der Waals surface area contributed by atoms with Crippen LogP contribution >= 0.6 is 45.2 Å². The quantitative estimate of drug-likeness (QED) is 0.453. The lowest BCUT2D eigenvalue weighted by Gasteiger charge is -2.22. The minimum absolute atomic E-state index is 0.487. The Balaban J connectivity index is 2.33. The van der Waals surface area contributed by atoms with Crippen LogP contribution in [0.5, 0.6) is 23.0 Å². The highest BCUT2D eigenvalue weighted by molar-refractivity contribution is 14.1. The van der Waals surface area contributed by atoms with Gasteiger partial charge < -0.3 is 19.3 Å². The first kappa shape index (κ1) is 21.1. The fraction of sp³-hybridized carbons (Fsp3) is 0.316. The highest BCUT2D eigenvalue weighted by atomic mass is 127. The Morgan fingerprint density at radius 2 is 1.46 bits per heavy atom. The molecule has 0 spiro atoms. The average Bonchev–Trinajstić information content (AvgIpc) is 2.50. The van der Waals surface area contributed by atoms with Gasteiger partial charge in [-0.2, -0.15) is 0 Å². The molecule has 0 heterocycles. The zero-order chi connectivity index (χ0) is 19.6. The number of methoxy groups -OCH3 is 1. The average molecular weight is 582 g/mol. The molecule has 0 aliphatic heterocycles. The Kier molecular flexibility index (Phi) is 6.65. The molecule has 5 nitrogen and oxygen atoms in total. The van der Waals surface area contributed by atoms with Crippen molar-refractivity contribution in [1.82, 2.24) is 0 Å². The number of carboxylic acids is 1. The third kappa shape index (κ3) is 4.73. The van der Waals surface area contributed by atoms with Gasteiger partial charge in [-0.15, -0.1) is 0 Å². The molecule has 7 heteroatoms. The van der Waals surface area contributed by atoms with Gasteiger partial charge in [0.2, 0.25) is 0 Å². The molecular weight excluding hydrogens is 562 g/mol. The van der Waals surface area contributed by atoms with E-state index in [1.165, 1.54) is 13.8 Å². The zero-order valence-corrected chi connectivity index (χ0v) is 19.5. The van der Waals surface area contributed by atoms with Gasteiger partial charge in [-0.1, -0.05) is 0 Å². The number of rotatable bonds is 6. The summed E-state index contributed by atoms with van der Waals surface area (Å²) in [6.07, 6.45) is 0. The maximum atomic E-state index is 11.3. The summed E-state index contributed by atoms with van der Waals surface area (Å²) in [5, 5.41) is 9.22. The standard InChI is InChI=1S/C19H20I2O5/c1-10-6-12(7-11(2)16(10)24-5)25-17-14(20)8-13(9-15(17)21)26-19(3,4)18(22)23/h6-9H,1-5H3,(H,22,23). The highest BCUT2D eigenvalue weighted by Crippen LogP contribution is 2.38. The lowest BCUT2D eigenvalue weighted by Crippen LogP contribution is -2.37. The number of carbonyl (C=O) groups is 1. The molecule has 2 rings (SSSR count). The fourth-order valence-electron chi connectivity index (χ4n) is 2.44. The van der Waals surface area contributed by atoms with Crippen LogP contribution in [-0.4, -0.2) is 23.8 Å². The minimum Gasteiger partial charge on any atom is -0.496 e. The van der Waals surface area contributed by atoms with Gasteiger partial charge >= 0.3 is 5.97 Å². The van der Waals surface area contributed by atoms with Gasteiger partial charge in [-0.25, -0.2) is 4.79 Å². The second kappa shape index (κ2) is 8.20. The maximum absolute atomic E-state index is 11.3. The van der Waals surface area contributed by atoms with Gasteiger partial charge in [0.05, 0.1) is 14.3 Å². The molecule has 0 unspecified atom stereocenters. The van der Waals surface area contributed by atoms with Gasteiger partial charge in [-0.3, -0.25) is 0 Å². The van der Waals surface area contributed by atoms with Crippen LogP contribution in [-0.2, 0) is 4.79 Å². The summed E-state index contributed by atoms with van der Waals surface area (Å²) in [7, 11) is 1.65. The summed E-state index contributed by atoms with van der Waals surface area (Å²) >= 11 is 4.31. The molecule has 0 saturated heterocycles. The number of halogens is 2. The smallest absolute Gasteiger partial charge is 0.347 e. The zero-order valence-electron chi connectivity index (χ0n) is 15.1. The van der Waals surface area contributed by atoms with Crippen molar-refractivity contribution >= 4 is 51.2 Å². The van der Waals surface area contributed by atoms with Crippen LogP contribution in [0.4, 0.5) is 0 Å². The monoisotopic (exact) mass is 582 g/mol. The number of aryl methyl sites for hydroxylation is 2. The van der Waals surface area contributed by atoms with Crippen molar-refractivity contribution < 1.29 is 24.1 Å². The molecule has 2 aromatic rings. The molecule has 1 N–H and O–H groups in total. The molecule has 0 aliphatic rings. The van der Waals surface area contributed by atoms with Gasteiger partial charge in [0.25, 0.3) is 0 Å². The summed E-state index contributed by atoms with van der Waals surface area (Å²) < 4.78 is 18.8. The first-order valence-corrected chi connectivity index (χ1v) is 9.95. The summed E-state index contributed by atoms with van der Waals surface area (Å²) in [5.41, 5.74) is 0.685. The third-order valence-corrected chi connectivity index (χ3v) is 5.32. The molecule has 0 bridgehead atoms. The Bertz CT molecular complexity index is 800. The lowest BCUT2D eigenvalue weighted by molar-refractivity contribution is -0.152. The van der Waals surface area contributed by atoms with Crippen molar-refractivity contribution in [3.8, 4) is 23.0 Å². The van der Waals surface area contributed by atoms with Crippen molar-refractivity contribution in [1.29, 1.82) is 0 Å². The first-order chi connectivity index (χ1) is 12.0. The molecule has 0 fully saturated rings. The summed E-state index contributed by atoms with van der Waals surface area (Å²) in [6.45, 7) is 6.98. The number of carboxylic acid groups (broad SMARTS) is 1. The van der Waals surface area contributed by atoms with Gasteiger partial charge in [0.1, 0.15) is 17.2 Å². The van der Waals surface area contributed by atoms with E-state index >= 15 is 0 Å². The molecule has 0 saturated carbocycles. The highest BCUT2D eigenvalue weighted by Gasteiger charge is 2.30. The van der Waals surface area contributed by atoms with Crippen LogP contribution in [0.25, 0.3) is 0 Å². The summed E-state index contributed by atoms with van der Waals surface area (Å²) in [5.74, 6) is 1.74. The molecule has 140 valence electrons. The molecule has 26 heavy (non-hydrogen) atoms. The van der Waals surface area contributed by atoms with Crippen molar-refractivity contribution in [3.05, 3.63) is 42.5 Å². The fourth-order valence-corrected chi connectivity index (χ4v) is 4.37. The van der Waals surface area contributed by atoms with Crippen LogP contribution in [0, 0.1) is 21.0 Å². The van der Waals surface area contributed by atoms with Gasteiger partial charge in [0, 0.05) is 0 Å². The van der Waals surface area contributed by atoms with Crippen molar-refractivity contribution in [2.24, 2.45) is 0 Å². The lowest BCUT2D eigenvalue weighted by atomic mass is 10.1. The Hall–Kier alpha value is -1.23. The van der Waals surface area contributed by atoms with Crippen LogP contribution in [0.15, 0.2) is 24.3 Å². The molecule has 0 amide bonds. The van der Waals surface area contributed by atoms with Crippen molar-refractivity contribution in [2.75, 3.05) is 7.11 Å². The second-order valence-corrected chi connectivity index (χ2v) is 8.65. The normalized spacial score (nSPS) is 11.2. The summed E-state index contributed by atoms with van der Waals surface area (Å²) in [4.78, 5) is 11.3. The van der Waals surface area contributed by atoms with Crippen molar-refractivity contribution in [2.45, 2.75) is 33.3 Å². The largest absolute Gasteiger partial charge is 0.496 e. The molecule has 2 aromatic carbocycles. The van der Waals surface area contributed by atoms with Gasteiger partial charge in [-0.05, 0) is 108 Å². The maximum Gasteiger partial charge on any atom is 0.347 e. The number of hydrogen-bond donors (Lipinski definition) is 1. The number of hydrogen-bond acceptors (Lipinski definition) is 4. The van der Waals surface area contributed by atoms with E-state index in [2.05, 4.69) is 45.2 Å². The minimum atomic E-state index is -1.31. The molecule has 0 radical (unpaired) electrons. The molecular formula is C19H20I2O5. The predicted octanol–water partition coefficient (Wildman–Crippen LogP) is 5.56. The third-order valence-electron chi connectivity index (χ3n) is 3.72. The Morgan fingerprint density at radius 3 is 1.88 bits per heavy atom. The SMILES string of the molecule is COc1c(C)cc(Oc2c(I)cc(OC(C)(C)C(=O)O)cc2I)cc1C. The Morgan fingerprint density at radius 1 is 0.962 bits per heavy atom. The van der Waals surface area contributed by atoms with E-state index in [0.29, 0.717) is 11.5 Å². The van der Waals surface area contributed by atoms with E-state index in [-0.39, 0.29) is 0 Å². The number of benzene rings is 2. The summed E-state index contributed by atoms with van der Waals surface area (Å²) in [6, 6.07) is 7.39. The van der Waals surface area contributed by atoms with E-state index in [1.807, 2.05) is 26.0 Å². The second-order valence-electron chi connectivity index (χ2n) is 6.33. The van der Waals surface area contributed by atoms with Crippen molar-refractivity contribution in [3.63, 3.8) is 0 Å². The number of aliphatic carboxylic acids is 1.